The molecule has 0 spiro atoms. The van der Waals surface area contributed by atoms with Crippen LogP contribution in [0.15, 0.2) is 51.7 Å². The normalized spacial score (nSPS) is 14.5. The number of aromatic amines is 1. The van der Waals surface area contributed by atoms with Gasteiger partial charge >= 0.3 is 5.76 Å². The van der Waals surface area contributed by atoms with E-state index in [-0.39, 0.29) is 11.6 Å². The molecule has 0 radical (unpaired) electrons. The molecule has 0 atom stereocenters. The third kappa shape index (κ3) is 5.42. The van der Waals surface area contributed by atoms with Crippen molar-refractivity contribution in [3.8, 4) is 28.7 Å². The minimum Gasteiger partial charge on any atom is -0.493 e. The number of rotatable bonds is 8. The van der Waals surface area contributed by atoms with Crippen molar-refractivity contribution in [2.75, 3.05) is 26.4 Å². The molecular formula is C23H24ClNO6. The average molecular weight is 446 g/mol. The maximum Gasteiger partial charge on any atom is 0.419 e. The number of halogens is 1. The van der Waals surface area contributed by atoms with Crippen molar-refractivity contribution >= 4 is 11.6 Å². The third-order valence-corrected chi connectivity index (χ3v) is 5.49. The second-order valence-electron chi connectivity index (χ2n) is 7.35. The molecule has 3 aromatic rings. The number of hydrogen-bond donors (Lipinski definition) is 2. The summed E-state index contributed by atoms with van der Waals surface area (Å²) < 4.78 is 21.9. The second kappa shape index (κ2) is 9.94. The monoisotopic (exact) mass is 445 g/mol. The fourth-order valence-corrected chi connectivity index (χ4v) is 3.84. The maximum absolute atomic E-state index is 11.2. The molecule has 7 nitrogen and oxygen atoms in total. The molecule has 0 aliphatic carbocycles. The summed E-state index contributed by atoms with van der Waals surface area (Å²) in [6.45, 7) is 2.49. The van der Waals surface area contributed by atoms with Crippen molar-refractivity contribution in [2.24, 2.45) is 0 Å². The van der Waals surface area contributed by atoms with E-state index in [1.165, 1.54) is 5.56 Å². The fourth-order valence-electron chi connectivity index (χ4n) is 3.59. The topological polar surface area (TPSA) is 93.9 Å². The summed E-state index contributed by atoms with van der Waals surface area (Å²) in [4.78, 5) is 13.4. The maximum atomic E-state index is 11.2. The summed E-state index contributed by atoms with van der Waals surface area (Å²) in [5.74, 6) is 0.811. The van der Waals surface area contributed by atoms with E-state index in [1.54, 1.807) is 24.3 Å². The Labute approximate surface area is 184 Å². The highest BCUT2D eigenvalue weighted by atomic mass is 35.5. The molecule has 0 saturated carbocycles. The summed E-state index contributed by atoms with van der Waals surface area (Å²) in [6.07, 6.45) is 2.70. The predicted octanol–water partition coefficient (Wildman–Crippen LogP) is 4.74. The summed E-state index contributed by atoms with van der Waals surface area (Å²) in [5.41, 5.74) is 1.77. The molecule has 8 heteroatoms. The summed E-state index contributed by atoms with van der Waals surface area (Å²) in [5, 5.41) is 10.3. The highest BCUT2D eigenvalue weighted by Gasteiger charge is 2.17. The van der Waals surface area contributed by atoms with Gasteiger partial charge in [-0.05, 0) is 48.6 Å². The smallest absolute Gasteiger partial charge is 0.419 e. The van der Waals surface area contributed by atoms with E-state index in [0.717, 1.165) is 26.1 Å². The minimum absolute atomic E-state index is 0.0811. The Kier molecular flexibility index (Phi) is 6.84. The lowest BCUT2D eigenvalue weighted by Crippen LogP contribution is -2.14. The summed E-state index contributed by atoms with van der Waals surface area (Å²) in [6, 6.07) is 12.9. The van der Waals surface area contributed by atoms with Crippen LogP contribution in [-0.2, 0) is 4.74 Å². The van der Waals surface area contributed by atoms with E-state index in [4.69, 9.17) is 30.2 Å². The zero-order valence-electron chi connectivity index (χ0n) is 16.9. The van der Waals surface area contributed by atoms with Gasteiger partial charge in [-0.1, -0.05) is 29.8 Å². The number of hydrogen-bond acceptors (Lipinski definition) is 6. The SMILES string of the molecule is O=c1[nH]c(O)c(-c2cccc(OCCCOc3ccc(C4CCOCC4)cc3Cl)c2)o1. The summed E-state index contributed by atoms with van der Waals surface area (Å²) >= 11 is 6.41. The molecule has 164 valence electrons. The molecule has 0 amide bonds. The van der Waals surface area contributed by atoms with Crippen LogP contribution >= 0.6 is 11.6 Å². The van der Waals surface area contributed by atoms with E-state index in [2.05, 4.69) is 11.1 Å². The zero-order chi connectivity index (χ0) is 21.6. The van der Waals surface area contributed by atoms with Crippen molar-refractivity contribution in [3.05, 3.63) is 63.6 Å². The lowest BCUT2D eigenvalue weighted by Gasteiger charge is -2.23. The van der Waals surface area contributed by atoms with Crippen LogP contribution in [0.1, 0.15) is 30.7 Å². The Morgan fingerprint density at radius 1 is 1.10 bits per heavy atom. The Hall–Kier alpha value is -2.90. The fraction of sp³-hybridized carbons (Fsp3) is 0.348. The van der Waals surface area contributed by atoms with Gasteiger partial charge in [0.15, 0.2) is 5.76 Å². The third-order valence-electron chi connectivity index (χ3n) is 5.19. The molecule has 31 heavy (non-hydrogen) atoms. The molecular weight excluding hydrogens is 422 g/mol. The van der Waals surface area contributed by atoms with Gasteiger partial charge in [-0.15, -0.1) is 0 Å². The first-order valence-electron chi connectivity index (χ1n) is 10.3. The Morgan fingerprint density at radius 3 is 2.65 bits per heavy atom. The van der Waals surface area contributed by atoms with Crippen molar-refractivity contribution in [1.29, 1.82) is 0 Å². The molecule has 1 aliphatic rings. The standard InChI is InChI=1S/C23H24ClNO6/c24-19-14-16(15-7-11-28-12-8-15)5-6-20(19)30-10-2-9-29-18-4-1-3-17(13-18)21-22(26)25-23(27)31-21/h1,3-6,13-15,26H,2,7-12H2,(H,25,27). The van der Waals surface area contributed by atoms with Gasteiger partial charge in [0.05, 0.1) is 18.2 Å². The van der Waals surface area contributed by atoms with Gasteiger partial charge in [-0.2, -0.15) is 0 Å². The highest BCUT2D eigenvalue weighted by molar-refractivity contribution is 6.32. The van der Waals surface area contributed by atoms with Crippen LogP contribution in [0.3, 0.4) is 0 Å². The van der Waals surface area contributed by atoms with Crippen LogP contribution in [-0.4, -0.2) is 36.5 Å². The number of aromatic hydroxyl groups is 1. The number of ether oxygens (including phenoxy) is 3. The Balaban J connectivity index is 1.25. The number of oxazole rings is 1. The average Bonchev–Trinajstić information content (AvgIpc) is 3.13. The number of aromatic nitrogens is 1. The van der Waals surface area contributed by atoms with Crippen LogP contribution in [0.25, 0.3) is 11.3 Å². The van der Waals surface area contributed by atoms with Crippen LogP contribution in [0.2, 0.25) is 5.02 Å². The lowest BCUT2D eigenvalue weighted by atomic mass is 9.92. The minimum atomic E-state index is -0.713. The van der Waals surface area contributed by atoms with Crippen LogP contribution in [0.5, 0.6) is 17.4 Å². The second-order valence-corrected chi connectivity index (χ2v) is 7.75. The quantitative estimate of drug-likeness (QED) is 0.486. The molecule has 1 saturated heterocycles. The number of nitrogens with one attached hydrogen (secondary N) is 1. The van der Waals surface area contributed by atoms with Crippen molar-refractivity contribution in [2.45, 2.75) is 25.2 Å². The van der Waals surface area contributed by atoms with Gasteiger partial charge in [0.2, 0.25) is 5.88 Å². The van der Waals surface area contributed by atoms with Crippen molar-refractivity contribution in [1.82, 2.24) is 4.98 Å². The molecule has 2 aromatic carbocycles. The molecule has 0 unspecified atom stereocenters. The first-order chi connectivity index (χ1) is 15.1. The molecule has 1 fully saturated rings. The van der Waals surface area contributed by atoms with Gasteiger partial charge < -0.3 is 23.7 Å². The zero-order valence-corrected chi connectivity index (χ0v) is 17.7. The largest absolute Gasteiger partial charge is 0.493 e. The molecule has 2 N–H and O–H groups in total. The van der Waals surface area contributed by atoms with Gasteiger partial charge in [-0.25, -0.2) is 4.79 Å². The molecule has 4 rings (SSSR count). The lowest BCUT2D eigenvalue weighted by molar-refractivity contribution is 0.0853. The van der Waals surface area contributed by atoms with Crippen molar-refractivity contribution < 1.29 is 23.7 Å². The van der Waals surface area contributed by atoms with Crippen molar-refractivity contribution in [3.63, 3.8) is 0 Å². The molecule has 1 aliphatic heterocycles. The van der Waals surface area contributed by atoms with E-state index >= 15 is 0 Å². The van der Waals surface area contributed by atoms with E-state index in [1.807, 2.05) is 12.1 Å². The first kappa shape index (κ1) is 21.3. The van der Waals surface area contributed by atoms with Gasteiger partial charge in [0, 0.05) is 25.2 Å². The van der Waals surface area contributed by atoms with Crippen LogP contribution in [0, 0.1) is 0 Å². The van der Waals surface area contributed by atoms with E-state index in [9.17, 15) is 9.90 Å². The molecule has 2 heterocycles. The summed E-state index contributed by atoms with van der Waals surface area (Å²) in [7, 11) is 0. The Bertz CT molecular complexity index is 1070. The molecule has 1 aromatic heterocycles. The van der Waals surface area contributed by atoms with E-state index in [0.29, 0.717) is 47.6 Å². The van der Waals surface area contributed by atoms with Gasteiger partial charge in [0.25, 0.3) is 0 Å². The highest BCUT2D eigenvalue weighted by Crippen LogP contribution is 2.33. The number of H-pyrrole nitrogens is 1. The predicted molar refractivity (Wildman–Crippen MR) is 116 cm³/mol. The van der Waals surface area contributed by atoms with Gasteiger partial charge in [-0.3, -0.25) is 4.98 Å². The van der Waals surface area contributed by atoms with Crippen LogP contribution < -0.4 is 15.2 Å². The van der Waals surface area contributed by atoms with Crippen LogP contribution in [0.4, 0.5) is 0 Å². The molecule has 0 bridgehead atoms. The van der Waals surface area contributed by atoms with E-state index < -0.39 is 5.76 Å². The number of benzene rings is 2. The van der Waals surface area contributed by atoms with Gasteiger partial charge in [0.1, 0.15) is 11.5 Å². The Morgan fingerprint density at radius 2 is 1.90 bits per heavy atom. The first-order valence-corrected chi connectivity index (χ1v) is 10.6.